The molecule has 0 bridgehead atoms. The standard InChI is InChI=1S/C15H19F2N7O/c1-15(2,3)24-11-9(7-19-24)12(25)21-14(20-11)22(4)8-10-18-5-6-23(10)13(16)17/h5-7,13H,8H2,1-4H3,(H,20,21,25). The Bertz CT molecular complexity index is 951. The van der Waals surface area contributed by atoms with Gasteiger partial charge in [0.05, 0.1) is 18.3 Å². The first-order chi connectivity index (χ1) is 11.7. The number of anilines is 1. The number of halogens is 2. The maximum Gasteiger partial charge on any atom is 0.319 e. The monoisotopic (exact) mass is 351 g/mol. The van der Waals surface area contributed by atoms with E-state index in [0.29, 0.717) is 11.0 Å². The summed E-state index contributed by atoms with van der Waals surface area (Å²) in [5.74, 6) is 0.428. The van der Waals surface area contributed by atoms with Gasteiger partial charge in [0.25, 0.3) is 5.56 Å². The molecule has 3 aromatic heterocycles. The fourth-order valence-corrected chi connectivity index (χ4v) is 2.51. The van der Waals surface area contributed by atoms with Crippen LogP contribution >= 0.6 is 0 Å². The van der Waals surface area contributed by atoms with Crippen molar-refractivity contribution in [3.8, 4) is 0 Å². The molecule has 0 saturated heterocycles. The molecule has 134 valence electrons. The van der Waals surface area contributed by atoms with Crippen LogP contribution < -0.4 is 10.5 Å². The molecule has 0 spiro atoms. The molecule has 25 heavy (non-hydrogen) atoms. The first-order valence-corrected chi connectivity index (χ1v) is 7.68. The van der Waals surface area contributed by atoms with Crippen molar-refractivity contribution in [3.05, 3.63) is 34.8 Å². The molecule has 3 heterocycles. The van der Waals surface area contributed by atoms with Crippen LogP contribution in [0, 0.1) is 0 Å². The van der Waals surface area contributed by atoms with Gasteiger partial charge in [0.15, 0.2) is 5.65 Å². The van der Waals surface area contributed by atoms with Crippen molar-refractivity contribution in [1.29, 1.82) is 0 Å². The number of imidazole rings is 1. The fourth-order valence-electron chi connectivity index (χ4n) is 2.51. The van der Waals surface area contributed by atoms with Crippen LogP contribution in [0.3, 0.4) is 0 Å². The molecule has 0 atom stereocenters. The quantitative estimate of drug-likeness (QED) is 0.778. The molecule has 0 radical (unpaired) electrons. The van der Waals surface area contributed by atoms with Crippen molar-refractivity contribution in [2.45, 2.75) is 39.4 Å². The molecule has 0 aliphatic carbocycles. The fraction of sp³-hybridized carbons (Fsp3) is 0.467. The van der Waals surface area contributed by atoms with Crippen LogP contribution in [-0.2, 0) is 12.1 Å². The van der Waals surface area contributed by atoms with Crippen molar-refractivity contribution in [2.24, 2.45) is 0 Å². The van der Waals surface area contributed by atoms with Crippen LogP contribution in [-0.4, -0.2) is 36.3 Å². The van der Waals surface area contributed by atoms with Gasteiger partial charge in [0.2, 0.25) is 5.95 Å². The summed E-state index contributed by atoms with van der Waals surface area (Å²) in [6.07, 6.45) is 3.99. The zero-order chi connectivity index (χ0) is 18.4. The Morgan fingerprint density at radius 2 is 2.08 bits per heavy atom. The number of rotatable bonds is 4. The predicted molar refractivity (Wildman–Crippen MR) is 88.7 cm³/mol. The largest absolute Gasteiger partial charge is 0.338 e. The van der Waals surface area contributed by atoms with E-state index in [-0.39, 0.29) is 29.4 Å². The number of aromatic amines is 1. The second-order valence-electron chi connectivity index (χ2n) is 6.74. The summed E-state index contributed by atoms with van der Waals surface area (Å²) in [5.41, 5.74) is -0.250. The second kappa shape index (κ2) is 5.94. The summed E-state index contributed by atoms with van der Waals surface area (Å²) in [7, 11) is 1.65. The minimum Gasteiger partial charge on any atom is -0.338 e. The smallest absolute Gasteiger partial charge is 0.319 e. The van der Waals surface area contributed by atoms with Crippen molar-refractivity contribution in [3.63, 3.8) is 0 Å². The van der Waals surface area contributed by atoms with E-state index < -0.39 is 6.55 Å². The minimum absolute atomic E-state index is 0.0649. The number of aromatic nitrogens is 6. The third-order valence-corrected chi connectivity index (χ3v) is 3.76. The molecule has 3 rings (SSSR count). The Morgan fingerprint density at radius 1 is 1.36 bits per heavy atom. The Hall–Kier alpha value is -2.78. The number of nitrogens with zero attached hydrogens (tertiary/aromatic N) is 6. The van der Waals surface area contributed by atoms with Crippen molar-refractivity contribution in [2.75, 3.05) is 11.9 Å². The average Bonchev–Trinajstić information content (AvgIpc) is 3.12. The Balaban J connectivity index is 2.00. The summed E-state index contributed by atoms with van der Waals surface area (Å²) < 4.78 is 28.3. The Morgan fingerprint density at radius 3 is 2.72 bits per heavy atom. The highest BCUT2D eigenvalue weighted by molar-refractivity contribution is 5.74. The van der Waals surface area contributed by atoms with Gasteiger partial charge in [-0.1, -0.05) is 0 Å². The second-order valence-corrected chi connectivity index (χ2v) is 6.74. The zero-order valence-corrected chi connectivity index (χ0v) is 14.4. The number of H-pyrrole nitrogens is 1. The maximum absolute atomic E-state index is 12.9. The van der Waals surface area contributed by atoms with Crippen molar-refractivity contribution >= 4 is 17.0 Å². The van der Waals surface area contributed by atoms with Crippen LogP contribution in [0.25, 0.3) is 11.0 Å². The lowest BCUT2D eigenvalue weighted by atomic mass is 10.1. The lowest BCUT2D eigenvalue weighted by Gasteiger charge is -2.21. The maximum atomic E-state index is 12.9. The highest BCUT2D eigenvalue weighted by atomic mass is 19.3. The minimum atomic E-state index is -2.68. The van der Waals surface area contributed by atoms with Gasteiger partial charge in [0, 0.05) is 19.4 Å². The Labute approximate surface area is 142 Å². The molecule has 0 fully saturated rings. The molecule has 0 amide bonds. The van der Waals surface area contributed by atoms with E-state index in [2.05, 4.69) is 20.1 Å². The lowest BCUT2D eigenvalue weighted by Crippen LogP contribution is -2.27. The molecule has 1 N–H and O–H groups in total. The summed E-state index contributed by atoms with van der Waals surface area (Å²) in [5, 5.41) is 4.62. The van der Waals surface area contributed by atoms with E-state index in [9.17, 15) is 13.6 Å². The van der Waals surface area contributed by atoms with Crippen molar-refractivity contribution < 1.29 is 8.78 Å². The van der Waals surface area contributed by atoms with Crippen LogP contribution in [0.15, 0.2) is 23.4 Å². The molecule has 0 aromatic carbocycles. The molecule has 0 aliphatic rings. The molecule has 8 nitrogen and oxygen atoms in total. The molecule has 3 aromatic rings. The highest BCUT2D eigenvalue weighted by Crippen LogP contribution is 2.20. The number of fused-ring (bicyclic) bond motifs is 1. The zero-order valence-electron chi connectivity index (χ0n) is 14.4. The van der Waals surface area contributed by atoms with E-state index in [1.165, 1.54) is 18.6 Å². The summed E-state index contributed by atoms with van der Waals surface area (Å²) in [4.78, 5) is 24.9. The normalized spacial score (nSPS) is 12.3. The number of alkyl halides is 2. The van der Waals surface area contributed by atoms with E-state index >= 15 is 0 Å². The molecular weight excluding hydrogens is 332 g/mol. The van der Waals surface area contributed by atoms with Gasteiger partial charge < -0.3 is 4.90 Å². The van der Waals surface area contributed by atoms with Crippen LogP contribution in [0.1, 0.15) is 33.1 Å². The number of hydrogen-bond acceptors (Lipinski definition) is 5. The van der Waals surface area contributed by atoms with E-state index in [1.54, 1.807) is 16.6 Å². The van der Waals surface area contributed by atoms with E-state index in [4.69, 9.17) is 0 Å². The van der Waals surface area contributed by atoms with Gasteiger partial charge in [-0.3, -0.25) is 14.3 Å². The van der Waals surface area contributed by atoms with E-state index in [0.717, 1.165) is 4.57 Å². The van der Waals surface area contributed by atoms with Gasteiger partial charge in [-0.25, -0.2) is 9.67 Å². The predicted octanol–water partition coefficient (Wildman–Crippen LogP) is 2.10. The molecule has 0 unspecified atom stereocenters. The summed E-state index contributed by atoms with van der Waals surface area (Å²) in [6, 6.07) is 0. The van der Waals surface area contributed by atoms with Gasteiger partial charge in [-0.2, -0.15) is 18.9 Å². The first kappa shape index (κ1) is 17.1. The summed E-state index contributed by atoms with van der Waals surface area (Å²) >= 11 is 0. The number of hydrogen-bond donors (Lipinski definition) is 1. The summed E-state index contributed by atoms with van der Waals surface area (Å²) in [6.45, 7) is 3.24. The van der Waals surface area contributed by atoms with Gasteiger partial charge in [-0.15, -0.1) is 0 Å². The topological polar surface area (TPSA) is 84.6 Å². The Kier molecular flexibility index (Phi) is 4.05. The first-order valence-electron chi connectivity index (χ1n) is 7.68. The molecule has 10 heteroatoms. The van der Waals surface area contributed by atoms with Gasteiger partial charge in [0.1, 0.15) is 11.2 Å². The average molecular weight is 351 g/mol. The third-order valence-electron chi connectivity index (χ3n) is 3.76. The van der Waals surface area contributed by atoms with E-state index in [1.807, 2.05) is 20.8 Å². The molecule has 0 aliphatic heterocycles. The van der Waals surface area contributed by atoms with Crippen LogP contribution in [0.5, 0.6) is 0 Å². The lowest BCUT2D eigenvalue weighted by molar-refractivity contribution is 0.0670. The van der Waals surface area contributed by atoms with Crippen molar-refractivity contribution in [1.82, 2.24) is 29.3 Å². The van der Waals surface area contributed by atoms with Crippen LogP contribution in [0.4, 0.5) is 14.7 Å². The van der Waals surface area contributed by atoms with Gasteiger partial charge in [-0.05, 0) is 20.8 Å². The third kappa shape index (κ3) is 3.11. The molecule has 0 saturated carbocycles. The number of nitrogens with one attached hydrogen (secondary N) is 1. The van der Waals surface area contributed by atoms with Crippen LogP contribution in [0.2, 0.25) is 0 Å². The molecular formula is C15H19F2N7O. The SMILES string of the molecule is CN(Cc1nccn1C(F)F)c1nc2c(cnn2C(C)(C)C)c(=O)[nH]1. The van der Waals surface area contributed by atoms with Gasteiger partial charge >= 0.3 is 6.55 Å². The highest BCUT2D eigenvalue weighted by Gasteiger charge is 2.21.